The Morgan fingerprint density at radius 2 is 2.18 bits per heavy atom. The summed E-state index contributed by atoms with van der Waals surface area (Å²) in [6, 6.07) is 8.13. The zero-order valence-electron chi connectivity index (χ0n) is 10.4. The molecule has 1 aromatic carbocycles. The van der Waals surface area contributed by atoms with Gasteiger partial charge in [-0.05, 0) is 43.5 Å². The molecule has 17 heavy (non-hydrogen) atoms. The Labute approximate surface area is 103 Å². The Bertz CT molecular complexity index is 317. The summed E-state index contributed by atoms with van der Waals surface area (Å²) in [5.74, 6) is 0.919. The lowest BCUT2D eigenvalue weighted by molar-refractivity contribution is 0.0679. The average molecular weight is 235 g/mol. The molecule has 94 valence electrons. The minimum absolute atomic E-state index is 0.285. The smallest absolute Gasteiger partial charge is 0.119 e. The second-order valence-electron chi connectivity index (χ2n) is 4.40. The Hall–Kier alpha value is -1.22. The van der Waals surface area contributed by atoms with E-state index in [4.69, 9.17) is 9.47 Å². The van der Waals surface area contributed by atoms with Crippen molar-refractivity contribution < 1.29 is 9.47 Å². The molecule has 1 unspecified atom stereocenters. The number of benzene rings is 1. The van der Waals surface area contributed by atoms with Crippen LogP contribution in [-0.2, 0) is 4.74 Å². The minimum Gasteiger partial charge on any atom is -0.491 e. The molecule has 1 aliphatic heterocycles. The SMILES string of the molecule is CCCNc1ccc(OCC2CCCO2)cc1. The van der Waals surface area contributed by atoms with E-state index >= 15 is 0 Å². The summed E-state index contributed by atoms with van der Waals surface area (Å²) in [4.78, 5) is 0. The van der Waals surface area contributed by atoms with E-state index in [0.717, 1.165) is 43.9 Å². The second kappa shape index (κ2) is 6.50. The van der Waals surface area contributed by atoms with Gasteiger partial charge in [0, 0.05) is 18.8 Å². The third-order valence-electron chi connectivity index (χ3n) is 2.89. The van der Waals surface area contributed by atoms with Crippen molar-refractivity contribution in [2.75, 3.05) is 25.1 Å². The van der Waals surface area contributed by atoms with E-state index in [-0.39, 0.29) is 6.10 Å². The van der Waals surface area contributed by atoms with Gasteiger partial charge in [0.1, 0.15) is 12.4 Å². The van der Waals surface area contributed by atoms with Crippen LogP contribution >= 0.6 is 0 Å². The Kier molecular flexibility index (Phi) is 4.68. The summed E-state index contributed by atoms with van der Waals surface area (Å²) < 4.78 is 11.2. The molecule has 0 aromatic heterocycles. The van der Waals surface area contributed by atoms with Crippen molar-refractivity contribution in [3.05, 3.63) is 24.3 Å². The molecule has 3 heteroatoms. The first-order valence-corrected chi connectivity index (χ1v) is 6.47. The molecule has 1 N–H and O–H groups in total. The van der Waals surface area contributed by atoms with Crippen LogP contribution in [0.3, 0.4) is 0 Å². The number of anilines is 1. The normalized spacial score (nSPS) is 19.2. The monoisotopic (exact) mass is 235 g/mol. The van der Waals surface area contributed by atoms with Crippen molar-refractivity contribution in [2.45, 2.75) is 32.3 Å². The van der Waals surface area contributed by atoms with E-state index in [0.29, 0.717) is 6.61 Å². The lowest BCUT2D eigenvalue weighted by atomic mass is 10.2. The maximum Gasteiger partial charge on any atom is 0.119 e. The summed E-state index contributed by atoms with van der Waals surface area (Å²) in [5, 5.41) is 3.34. The van der Waals surface area contributed by atoms with Crippen molar-refractivity contribution in [1.82, 2.24) is 0 Å². The molecule has 1 atom stereocenters. The van der Waals surface area contributed by atoms with Gasteiger partial charge in [0.2, 0.25) is 0 Å². The molecule has 1 aromatic rings. The summed E-state index contributed by atoms with van der Waals surface area (Å²) in [6.45, 7) is 4.72. The van der Waals surface area contributed by atoms with Gasteiger partial charge in [0.05, 0.1) is 6.10 Å². The van der Waals surface area contributed by atoms with Crippen LogP contribution in [0.2, 0.25) is 0 Å². The van der Waals surface area contributed by atoms with Gasteiger partial charge in [-0.3, -0.25) is 0 Å². The first-order chi connectivity index (χ1) is 8.38. The highest BCUT2D eigenvalue weighted by Crippen LogP contribution is 2.18. The van der Waals surface area contributed by atoms with E-state index in [9.17, 15) is 0 Å². The molecule has 1 aliphatic rings. The highest BCUT2D eigenvalue weighted by molar-refractivity contribution is 5.46. The maximum absolute atomic E-state index is 5.70. The fraction of sp³-hybridized carbons (Fsp3) is 0.571. The first kappa shape index (κ1) is 12.2. The van der Waals surface area contributed by atoms with Gasteiger partial charge in [-0.15, -0.1) is 0 Å². The number of hydrogen-bond donors (Lipinski definition) is 1. The largest absolute Gasteiger partial charge is 0.491 e. The summed E-state index contributed by atoms with van der Waals surface area (Å²) >= 11 is 0. The lowest BCUT2D eigenvalue weighted by Gasteiger charge is -2.12. The van der Waals surface area contributed by atoms with Crippen LogP contribution in [0, 0.1) is 0 Å². The van der Waals surface area contributed by atoms with Crippen molar-refractivity contribution in [3.63, 3.8) is 0 Å². The number of ether oxygens (including phenoxy) is 2. The lowest BCUT2D eigenvalue weighted by Crippen LogP contribution is -2.16. The molecule has 2 rings (SSSR count). The number of hydrogen-bond acceptors (Lipinski definition) is 3. The standard InChI is InChI=1S/C14H21NO2/c1-2-9-15-12-5-7-13(8-6-12)17-11-14-4-3-10-16-14/h5-8,14-15H,2-4,9-11H2,1H3. The van der Waals surface area contributed by atoms with Gasteiger partial charge >= 0.3 is 0 Å². The average Bonchev–Trinajstić information content (AvgIpc) is 2.88. The van der Waals surface area contributed by atoms with E-state index in [2.05, 4.69) is 24.4 Å². The zero-order chi connectivity index (χ0) is 11.9. The van der Waals surface area contributed by atoms with Gasteiger partial charge in [-0.1, -0.05) is 6.92 Å². The van der Waals surface area contributed by atoms with E-state index in [1.54, 1.807) is 0 Å². The Morgan fingerprint density at radius 1 is 1.35 bits per heavy atom. The van der Waals surface area contributed by atoms with Gasteiger partial charge < -0.3 is 14.8 Å². The zero-order valence-corrected chi connectivity index (χ0v) is 10.4. The molecule has 1 heterocycles. The molecular weight excluding hydrogens is 214 g/mol. The molecule has 3 nitrogen and oxygen atoms in total. The molecule has 1 fully saturated rings. The van der Waals surface area contributed by atoms with Crippen LogP contribution in [0.15, 0.2) is 24.3 Å². The van der Waals surface area contributed by atoms with E-state index < -0.39 is 0 Å². The van der Waals surface area contributed by atoms with Crippen molar-refractivity contribution in [2.24, 2.45) is 0 Å². The van der Waals surface area contributed by atoms with Crippen LogP contribution in [0.5, 0.6) is 5.75 Å². The topological polar surface area (TPSA) is 30.5 Å². The van der Waals surface area contributed by atoms with E-state index in [1.165, 1.54) is 0 Å². The predicted molar refractivity (Wildman–Crippen MR) is 69.7 cm³/mol. The molecule has 0 bridgehead atoms. The quantitative estimate of drug-likeness (QED) is 0.822. The highest BCUT2D eigenvalue weighted by Gasteiger charge is 2.15. The third-order valence-corrected chi connectivity index (χ3v) is 2.89. The fourth-order valence-corrected chi connectivity index (χ4v) is 1.90. The van der Waals surface area contributed by atoms with Crippen LogP contribution in [0.1, 0.15) is 26.2 Å². The van der Waals surface area contributed by atoms with Crippen LogP contribution < -0.4 is 10.1 Å². The van der Waals surface area contributed by atoms with Crippen molar-refractivity contribution >= 4 is 5.69 Å². The second-order valence-corrected chi connectivity index (χ2v) is 4.40. The Balaban J connectivity index is 1.76. The van der Waals surface area contributed by atoms with Gasteiger partial charge in [-0.25, -0.2) is 0 Å². The highest BCUT2D eigenvalue weighted by atomic mass is 16.5. The fourth-order valence-electron chi connectivity index (χ4n) is 1.90. The third kappa shape index (κ3) is 3.93. The maximum atomic E-state index is 5.70. The predicted octanol–water partition coefficient (Wildman–Crippen LogP) is 3.07. The van der Waals surface area contributed by atoms with Gasteiger partial charge in [0.25, 0.3) is 0 Å². The van der Waals surface area contributed by atoms with Crippen molar-refractivity contribution in [1.29, 1.82) is 0 Å². The molecule has 0 aliphatic carbocycles. The minimum atomic E-state index is 0.285. The van der Waals surface area contributed by atoms with Crippen LogP contribution in [-0.4, -0.2) is 25.9 Å². The van der Waals surface area contributed by atoms with E-state index in [1.807, 2.05) is 12.1 Å². The first-order valence-electron chi connectivity index (χ1n) is 6.47. The van der Waals surface area contributed by atoms with Crippen LogP contribution in [0.4, 0.5) is 5.69 Å². The molecule has 0 amide bonds. The molecular formula is C14H21NO2. The molecule has 0 radical (unpaired) electrons. The summed E-state index contributed by atoms with van der Waals surface area (Å²) in [5.41, 5.74) is 1.15. The molecule has 0 spiro atoms. The van der Waals surface area contributed by atoms with Gasteiger partial charge in [0.15, 0.2) is 0 Å². The summed E-state index contributed by atoms with van der Waals surface area (Å²) in [6.07, 6.45) is 3.70. The molecule has 0 saturated carbocycles. The Morgan fingerprint density at radius 3 is 2.82 bits per heavy atom. The molecule has 1 saturated heterocycles. The summed E-state index contributed by atoms with van der Waals surface area (Å²) in [7, 11) is 0. The van der Waals surface area contributed by atoms with Crippen LogP contribution in [0.25, 0.3) is 0 Å². The van der Waals surface area contributed by atoms with Gasteiger partial charge in [-0.2, -0.15) is 0 Å². The number of nitrogens with one attached hydrogen (secondary N) is 1. The number of rotatable bonds is 6. The van der Waals surface area contributed by atoms with Crippen molar-refractivity contribution in [3.8, 4) is 5.75 Å².